The average Bonchev–Trinajstić information content (AvgIpc) is 2.18. The maximum Gasteiger partial charge on any atom is 0.0332 e. The monoisotopic (exact) mass is 204 g/mol. The third kappa shape index (κ3) is 2.06. The van der Waals surface area contributed by atoms with Crippen molar-refractivity contribution in [3.05, 3.63) is 35.9 Å². The Balaban J connectivity index is 2.00. The van der Waals surface area contributed by atoms with Crippen molar-refractivity contribution in [1.29, 1.82) is 0 Å². The highest BCUT2D eigenvalue weighted by Gasteiger charge is 2.39. The molecule has 15 heavy (non-hydrogen) atoms. The third-order valence-corrected chi connectivity index (χ3v) is 3.74. The molecule has 1 saturated carbocycles. The van der Waals surface area contributed by atoms with E-state index in [0.29, 0.717) is 0 Å². The minimum absolute atomic E-state index is 0.288. The molecule has 0 unspecified atom stereocenters. The van der Waals surface area contributed by atoms with Crippen LogP contribution in [0.3, 0.4) is 0 Å². The first-order chi connectivity index (χ1) is 7.27. The SMILES string of the molecule is CN(Cc1ccccc1)C1(CN)CCC1. The number of benzene rings is 1. The van der Waals surface area contributed by atoms with Gasteiger partial charge in [0.25, 0.3) is 0 Å². The standard InChI is InChI=1S/C13H20N2/c1-15(13(11-14)8-5-9-13)10-12-6-3-2-4-7-12/h2-4,6-7H,5,8-11,14H2,1H3. The Bertz CT molecular complexity index is 298. The Kier molecular flexibility index (Phi) is 3.08. The summed E-state index contributed by atoms with van der Waals surface area (Å²) < 4.78 is 0. The fourth-order valence-corrected chi connectivity index (χ4v) is 2.35. The molecule has 2 rings (SSSR count). The predicted molar refractivity (Wildman–Crippen MR) is 63.5 cm³/mol. The van der Waals surface area contributed by atoms with Crippen LogP contribution in [-0.2, 0) is 6.54 Å². The highest BCUT2D eigenvalue weighted by Crippen LogP contribution is 2.36. The Hall–Kier alpha value is -0.860. The van der Waals surface area contributed by atoms with Crippen LogP contribution >= 0.6 is 0 Å². The van der Waals surface area contributed by atoms with Crippen molar-refractivity contribution in [2.45, 2.75) is 31.3 Å². The lowest BCUT2D eigenvalue weighted by atomic mass is 9.75. The van der Waals surface area contributed by atoms with Crippen molar-refractivity contribution in [3.8, 4) is 0 Å². The van der Waals surface area contributed by atoms with E-state index in [2.05, 4.69) is 42.3 Å². The predicted octanol–water partition coefficient (Wildman–Crippen LogP) is 2.00. The van der Waals surface area contributed by atoms with E-state index in [1.165, 1.54) is 24.8 Å². The molecule has 0 amide bonds. The summed E-state index contributed by atoms with van der Waals surface area (Å²) in [5.41, 5.74) is 7.54. The van der Waals surface area contributed by atoms with E-state index < -0.39 is 0 Å². The quantitative estimate of drug-likeness (QED) is 0.813. The van der Waals surface area contributed by atoms with Gasteiger partial charge in [-0.15, -0.1) is 0 Å². The lowest BCUT2D eigenvalue weighted by molar-refractivity contribution is 0.0398. The van der Waals surface area contributed by atoms with Crippen LogP contribution in [0.25, 0.3) is 0 Å². The first kappa shape index (κ1) is 10.7. The van der Waals surface area contributed by atoms with Gasteiger partial charge in [-0.2, -0.15) is 0 Å². The van der Waals surface area contributed by atoms with E-state index in [4.69, 9.17) is 5.73 Å². The van der Waals surface area contributed by atoms with Crippen LogP contribution in [0.4, 0.5) is 0 Å². The zero-order valence-electron chi connectivity index (χ0n) is 9.45. The Labute approximate surface area is 92.1 Å². The van der Waals surface area contributed by atoms with Gasteiger partial charge in [0, 0.05) is 18.6 Å². The molecule has 0 saturated heterocycles. The van der Waals surface area contributed by atoms with Crippen LogP contribution in [0.15, 0.2) is 30.3 Å². The lowest BCUT2D eigenvalue weighted by Gasteiger charge is -2.48. The van der Waals surface area contributed by atoms with E-state index in [9.17, 15) is 0 Å². The fourth-order valence-electron chi connectivity index (χ4n) is 2.35. The summed E-state index contributed by atoms with van der Waals surface area (Å²) in [6.07, 6.45) is 3.84. The first-order valence-electron chi connectivity index (χ1n) is 5.72. The highest BCUT2D eigenvalue weighted by atomic mass is 15.2. The summed E-state index contributed by atoms with van der Waals surface area (Å²) >= 11 is 0. The molecular weight excluding hydrogens is 184 g/mol. The number of nitrogens with zero attached hydrogens (tertiary/aromatic N) is 1. The van der Waals surface area contributed by atoms with Gasteiger partial charge < -0.3 is 5.73 Å². The molecule has 0 bridgehead atoms. The van der Waals surface area contributed by atoms with Gasteiger partial charge in [0.15, 0.2) is 0 Å². The number of rotatable bonds is 4. The number of hydrogen-bond acceptors (Lipinski definition) is 2. The molecule has 0 heterocycles. The maximum atomic E-state index is 5.88. The smallest absolute Gasteiger partial charge is 0.0332 e. The highest BCUT2D eigenvalue weighted by molar-refractivity contribution is 5.15. The van der Waals surface area contributed by atoms with Crippen LogP contribution in [0.1, 0.15) is 24.8 Å². The van der Waals surface area contributed by atoms with Gasteiger partial charge in [-0.1, -0.05) is 30.3 Å². The van der Waals surface area contributed by atoms with Gasteiger partial charge in [0.2, 0.25) is 0 Å². The van der Waals surface area contributed by atoms with Gasteiger partial charge in [-0.25, -0.2) is 0 Å². The molecule has 1 aromatic rings. The Morgan fingerprint density at radius 2 is 1.93 bits per heavy atom. The molecule has 2 nitrogen and oxygen atoms in total. The summed E-state index contributed by atoms with van der Waals surface area (Å²) in [6.45, 7) is 1.80. The number of hydrogen-bond donors (Lipinski definition) is 1. The van der Waals surface area contributed by atoms with E-state index in [0.717, 1.165) is 13.1 Å². The fraction of sp³-hybridized carbons (Fsp3) is 0.538. The molecule has 0 aliphatic heterocycles. The molecule has 1 aliphatic carbocycles. The topological polar surface area (TPSA) is 29.3 Å². The molecule has 0 atom stereocenters. The molecule has 0 spiro atoms. The van der Waals surface area contributed by atoms with E-state index in [-0.39, 0.29) is 5.54 Å². The molecule has 2 N–H and O–H groups in total. The molecule has 1 fully saturated rings. The maximum absolute atomic E-state index is 5.88. The normalized spacial score (nSPS) is 18.9. The van der Waals surface area contributed by atoms with Crippen LogP contribution in [0.5, 0.6) is 0 Å². The van der Waals surface area contributed by atoms with Crippen molar-refractivity contribution in [2.75, 3.05) is 13.6 Å². The second kappa shape index (κ2) is 4.33. The first-order valence-corrected chi connectivity index (χ1v) is 5.72. The minimum Gasteiger partial charge on any atom is -0.329 e. The molecule has 2 heteroatoms. The van der Waals surface area contributed by atoms with Crippen molar-refractivity contribution < 1.29 is 0 Å². The second-order valence-corrected chi connectivity index (χ2v) is 4.62. The van der Waals surface area contributed by atoms with Crippen LogP contribution in [0.2, 0.25) is 0 Å². The van der Waals surface area contributed by atoms with Crippen molar-refractivity contribution in [1.82, 2.24) is 4.90 Å². The zero-order chi connectivity index (χ0) is 10.7. The summed E-state index contributed by atoms with van der Waals surface area (Å²) in [6, 6.07) is 10.6. The van der Waals surface area contributed by atoms with E-state index >= 15 is 0 Å². The summed E-state index contributed by atoms with van der Waals surface area (Å²) in [7, 11) is 2.19. The molecule has 82 valence electrons. The largest absolute Gasteiger partial charge is 0.329 e. The van der Waals surface area contributed by atoms with Crippen molar-refractivity contribution in [3.63, 3.8) is 0 Å². The minimum atomic E-state index is 0.288. The van der Waals surface area contributed by atoms with Gasteiger partial charge >= 0.3 is 0 Å². The summed E-state index contributed by atoms with van der Waals surface area (Å²) in [5.74, 6) is 0. The van der Waals surface area contributed by atoms with Crippen LogP contribution < -0.4 is 5.73 Å². The molecule has 0 radical (unpaired) electrons. The summed E-state index contributed by atoms with van der Waals surface area (Å²) in [5, 5.41) is 0. The van der Waals surface area contributed by atoms with Crippen molar-refractivity contribution in [2.24, 2.45) is 5.73 Å². The van der Waals surface area contributed by atoms with Gasteiger partial charge in [0.05, 0.1) is 0 Å². The Morgan fingerprint density at radius 1 is 1.27 bits per heavy atom. The molecule has 0 aromatic heterocycles. The van der Waals surface area contributed by atoms with Gasteiger partial charge in [-0.05, 0) is 31.9 Å². The molecular formula is C13H20N2. The van der Waals surface area contributed by atoms with Crippen LogP contribution in [-0.4, -0.2) is 24.0 Å². The second-order valence-electron chi connectivity index (χ2n) is 4.62. The summed E-state index contributed by atoms with van der Waals surface area (Å²) in [4.78, 5) is 2.42. The number of nitrogens with two attached hydrogens (primary N) is 1. The van der Waals surface area contributed by atoms with E-state index in [1.807, 2.05) is 0 Å². The van der Waals surface area contributed by atoms with Crippen LogP contribution in [0, 0.1) is 0 Å². The zero-order valence-corrected chi connectivity index (χ0v) is 9.45. The third-order valence-electron chi connectivity index (χ3n) is 3.74. The van der Waals surface area contributed by atoms with E-state index in [1.54, 1.807) is 0 Å². The van der Waals surface area contributed by atoms with Crippen molar-refractivity contribution >= 4 is 0 Å². The molecule has 1 aliphatic rings. The van der Waals surface area contributed by atoms with Gasteiger partial charge in [0.1, 0.15) is 0 Å². The van der Waals surface area contributed by atoms with Gasteiger partial charge in [-0.3, -0.25) is 4.90 Å². The molecule has 1 aromatic carbocycles. The number of likely N-dealkylation sites (N-methyl/N-ethyl adjacent to an activating group) is 1. The average molecular weight is 204 g/mol. The lowest BCUT2D eigenvalue weighted by Crippen LogP contribution is -2.56. The Morgan fingerprint density at radius 3 is 2.40 bits per heavy atom.